The van der Waals surface area contributed by atoms with Crippen molar-refractivity contribution in [3.8, 4) is 0 Å². The molecule has 6 aliphatic rings. The highest BCUT2D eigenvalue weighted by Gasteiger charge is 2.56. The molecule has 0 radical (unpaired) electrons. The second-order valence-electron chi connectivity index (χ2n) is 10.7. The first kappa shape index (κ1) is 17.2. The molecule has 26 heavy (non-hydrogen) atoms. The first-order valence-electron chi connectivity index (χ1n) is 12.0. The Bertz CT molecular complexity index is 496. The van der Waals surface area contributed by atoms with Crippen LogP contribution in [0.15, 0.2) is 0 Å². The van der Waals surface area contributed by atoms with E-state index in [1.807, 2.05) is 0 Å². The summed E-state index contributed by atoms with van der Waals surface area (Å²) in [7, 11) is 0. The summed E-state index contributed by atoms with van der Waals surface area (Å²) in [5, 5.41) is 8.95. The number of nitrogens with one attached hydrogen (secondary N) is 2. The van der Waals surface area contributed by atoms with E-state index in [1.165, 1.54) is 57.4 Å². The molecule has 3 aliphatic carbocycles. The molecular formula is C23H38N2S. The third kappa shape index (κ3) is 2.90. The topological polar surface area (TPSA) is 24.1 Å². The molecule has 3 aliphatic heterocycles. The van der Waals surface area contributed by atoms with E-state index in [2.05, 4.69) is 22.4 Å². The van der Waals surface area contributed by atoms with E-state index in [-0.39, 0.29) is 0 Å². The Morgan fingerprint density at radius 3 is 2.58 bits per heavy atom. The molecule has 2 N–H and O–H groups in total. The molecule has 3 heterocycles. The molecular weight excluding hydrogens is 336 g/mol. The molecule has 6 rings (SSSR count). The van der Waals surface area contributed by atoms with Crippen LogP contribution >= 0.6 is 11.8 Å². The number of hydrogen-bond acceptors (Lipinski definition) is 3. The standard InChI is InChI=1S/C23H38N2S/c1-3-14-6-9-21(26-13-16(14)4-1)22-17-7-8-20(25-12-19(17)22)18-11-15-5-2-10-24-23(15)18/h14-25H,1-13H2. The van der Waals surface area contributed by atoms with Gasteiger partial charge in [0.15, 0.2) is 0 Å². The zero-order valence-corrected chi connectivity index (χ0v) is 17.2. The SMILES string of the molecule is C1CC2CCC(C3C4CCC(C5CC6CCCNC65)NCC43)SCC2C1. The lowest BCUT2D eigenvalue weighted by molar-refractivity contribution is 0.0445. The van der Waals surface area contributed by atoms with Crippen molar-refractivity contribution in [1.82, 2.24) is 10.6 Å². The number of hydrogen-bond donors (Lipinski definition) is 2. The van der Waals surface area contributed by atoms with Gasteiger partial charge in [-0.25, -0.2) is 0 Å². The Morgan fingerprint density at radius 1 is 0.692 bits per heavy atom. The van der Waals surface area contributed by atoms with Crippen LogP contribution in [0.1, 0.15) is 64.2 Å². The minimum Gasteiger partial charge on any atom is -0.313 e. The van der Waals surface area contributed by atoms with Gasteiger partial charge in [-0.1, -0.05) is 12.8 Å². The predicted molar refractivity (Wildman–Crippen MR) is 110 cm³/mol. The van der Waals surface area contributed by atoms with Crippen LogP contribution in [0.25, 0.3) is 0 Å². The van der Waals surface area contributed by atoms with Gasteiger partial charge in [0.1, 0.15) is 0 Å². The number of rotatable bonds is 2. The molecule has 0 bridgehead atoms. The Kier molecular flexibility index (Phi) is 4.59. The fourth-order valence-corrected chi connectivity index (χ4v) is 9.89. The van der Waals surface area contributed by atoms with E-state index in [1.54, 1.807) is 25.7 Å². The average molecular weight is 375 g/mol. The molecule has 3 heteroatoms. The molecule has 6 fully saturated rings. The van der Waals surface area contributed by atoms with Gasteiger partial charge in [0.25, 0.3) is 0 Å². The molecule has 2 nitrogen and oxygen atoms in total. The number of piperidine rings is 1. The highest BCUT2D eigenvalue weighted by atomic mass is 32.2. The van der Waals surface area contributed by atoms with Crippen molar-refractivity contribution >= 4 is 11.8 Å². The Hall–Kier alpha value is 0.270. The van der Waals surface area contributed by atoms with Crippen molar-refractivity contribution in [2.75, 3.05) is 18.8 Å². The van der Waals surface area contributed by atoms with Crippen LogP contribution in [0.3, 0.4) is 0 Å². The van der Waals surface area contributed by atoms with Crippen LogP contribution in [-0.2, 0) is 0 Å². The van der Waals surface area contributed by atoms with Crippen LogP contribution in [0.5, 0.6) is 0 Å². The highest BCUT2D eigenvalue weighted by Crippen LogP contribution is 2.58. The van der Waals surface area contributed by atoms with Crippen molar-refractivity contribution in [3.05, 3.63) is 0 Å². The van der Waals surface area contributed by atoms with Gasteiger partial charge in [0.2, 0.25) is 0 Å². The van der Waals surface area contributed by atoms with Gasteiger partial charge >= 0.3 is 0 Å². The Morgan fingerprint density at radius 2 is 1.62 bits per heavy atom. The quantitative estimate of drug-likeness (QED) is 0.753. The lowest BCUT2D eigenvalue weighted by atomic mass is 9.62. The fraction of sp³-hybridized carbons (Fsp3) is 1.00. The first-order valence-corrected chi connectivity index (χ1v) is 13.0. The first-order chi connectivity index (χ1) is 12.9. The van der Waals surface area contributed by atoms with Crippen molar-refractivity contribution in [1.29, 1.82) is 0 Å². The van der Waals surface area contributed by atoms with E-state index in [9.17, 15) is 0 Å². The maximum absolute atomic E-state index is 4.08. The minimum atomic E-state index is 0.830. The van der Waals surface area contributed by atoms with Gasteiger partial charge in [-0.15, -0.1) is 0 Å². The third-order valence-electron chi connectivity index (χ3n) is 9.61. The molecule has 3 saturated heterocycles. The summed E-state index contributed by atoms with van der Waals surface area (Å²) in [5.74, 6) is 8.85. The lowest BCUT2D eigenvalue weighted by Gasteiger charge is -2.51. The highest BCUT2D eigenvalue weighted by molar-refractivity contribution is 7.99. The van der Waals surface area contributed by atoms with Crippen LogP contribution in [0.2, 0.25) is 0 Å². The summed E-state index contributed by atoms with van der Waals surface area (Å²) in [6.45, 7) is 2.62. The van der Waals surface area contributed by atoms with E-state index < -0.39 is 0 Å². The molecule has 146 valence electrons. The molecule has 0 amide bonds. The Balaban J connectivity index is 1.03. The predicted octanol–water partition coefficient (Wildman–Crippen LogP) is 4.30. The van der Waals surface area contributed by atoms with Crippen LogP contribution in [0, 0.1) is 41.4 Å². The molecule has 0 aromatic heterocycles. The summed E-state index contributed by atoms with van der Waals surface area (Å²) in [6.07, 6.45) is 15.1. The van der Waals surface area contributed by atoms with E-state index in [0.29, 0.717) is 0 Å². The molecule has 10 atom stereocenters. The van der Waals surface area contributed by atoms with Gasteiger partial charge in [-0.05, 0) is 112 Å². The summed E-state index contributed by atoms with van der Waals surface area (Å²) < 4.78 is 0. The second kappa shape index (κ2) is 6.95. The summed E-state index contributed by atoms with van der Waals surface area (Å²) >= 11 is 2.40. The maximum Gasteiger partial charge on any atom is 0.0139 e. The normalized spacial score (nSPS) is 56.3. The largest absolute Gasteiger partial charge is 0.313 e. The average Bonchev–Trinajstić information content (AvgIpc) is 3.26. The zero-order chi connectivity index (χ0) is 17.1. The van der Waals surface area contributed by atoms with Crippen LogP contribution in [-0.4, -0.2) is 36.2 Å². The van der Waals surface area contributed by atoms with Gasteiger partial charge in [-0.3, -0.25) is 0 Å². The molecule has 0 aromatic carbocycles. The molecule has 0 aromatic rings. The lowest BCUT2D eigenvalue weighted by Crippen LogP contribution is -2.61. The monoisotopic (exact) mass is 374 g/mol. The van der Waals surface area contributed by atoms with E-state index >= 15 is 0 Å². The van der Waals surface area contributed by atoms with E-state index in [0.717, 1.165) is 58.8 Å². The van der Waals surface area contributed by atoms with Gasteiger partial charge < -0.3 is 10.6 Å². The molecule has 3 saturated carbocycles. The van der Waals surface area contributed by atoms with Gasteiger partial charge in [0, 0.05) is 17.3 Å². The zero-order valence-electron chi connectivity index (χ0n) is 16.4. The molecule has 0 spiro atoms. The van der Waals surface area contributed by atoms with Crippen LogP contribution in [0.4, 0.5) is 0 Å². The Labute approximate surface area is 164 Å². The molecule has 10 unspecified atom stereocenters. The maximum atomic E-state index is 4.08. The van der Waals surface area contributed by atoms with Crippen molar-refractivity contribution in [3.63, 3.8) is 0 Å². The third-order valence-corrected chi connectivity index (χ3v) is 11.2. The summed E-state index contributed by atoms with van der Waals surface area (Å²) in [5.41, 5.74) is 0. The number of fused-ring (bicyclic) bond motifs is 3. The second-order valence-corrected chi connectivity index (χ2v) is 12.0. The number of thioether (sulfide) groups is 1. The van der Waals surface area contributed by atoms with Crippen molar-refractivity contribution in [2.24, 2.45) is 41.4 Å². The minimum absolute atomic E-state index is 0.830. The fourth-order valence-electron chi connectivity index (χ4n) is 8.03. The summed E-state index contributed by atoms with van der Waals surface area (Å²) in [6, 6.07) is 1.69. The van der Waals surface area contributed by atoms with Crippen molar-refractivity contribution < 1.29 is 0 Å². The summed E-state index contributed by atoms with van der Waals surface area (Å²) in [4.78, 5) is 0. The van der Waals surface area contributed by atoms with Gasteiger partial charge in [0.05, 0.1) is 0 Å². The smallest absolute Gasteiger partial charge is 0.0139 e. The van der Waals surface area contributed by atoms with Gasteiger partial charge in [-0.2, -0.15) is 11.8 Å². The van der Waals surface area contributed by atoms with E-state index in [4.69, 9.17) is 0 Å². The van der Waals surface area contributed by atoms with Crippen molar-refractivity contribution in [2.45, 2.75) is 81.5 Å². The van der Waals surface area contributed by atoms with Crippen LogP contribution < -0.4 is 10.6 Å².